The summed E-state index contributed by atoms with van der Waals surface area (Å²) in [6, 6.07) is 0.488. The highest BCUT2D eigenvalue weighted by atomic mass is 28.4. The lowest BCUT2D eigenvalue weighted by atomic mass is 10.0. The SMILES string of the molecule is CCC1CCCC1N[Si](OC)(OC)OC. The van der Waals surface area contributed by atoms with E-state index in [0.717, 1.165) is 5.92 Å². The largest absolute Gasteiger partial charge is 0.596 e. The summed E-state index contributed by atoms with van der Waals surface area (Å²) < 4.78 is 16.1. The molecule has 2 unspecified atom stereocenters. The van der Waals surface area contributed by atoms with Crippen molar-refractivity contribution in [1.82, 2.24) is 4.98 Å². The van der Waals surface area contributed by atoms with Gasteiger partial charge in [-0.1, -0.05) is 19.8 Å². The van der Waals surface area contributed by atoms with Gasteiger partial charge in [-0.25, -0.2) is 0 Å². The summed E-state index contributed by atoms with van der Waals surface area (Å²) in [6.07, 6.45) is 5.00. The second-order valence-electron chi connectivity index (χ2n) is 4.02. The van der Waals surface area contributed by atoms with E-state index in [1.165, 1.54) is 25.7 Å². The highest BCUT2D eigenvalue weighted by Gasteiger charge is 2.43. The molecule has 1 fully saturated rings. The summed E-state index contributed by atoms with van der Waals surface area (Å²) in [6.45, 7) is 2.24. The molecule has 0 amide bonds. The van der Waals surface area contributed by atoms with Gasteiger partial charge < -0.3 is 13.3 Å². The van der Waals surface area contributed by atoms with Gasteiger partial charge in [0.25, 0.3) is 0 Å². The molecule has 0 heterocycles. The minimum absolute atomic E-state index is 0.488. The van der Waals surface area contributed by atoms with Crippen LogP contribution in [0.25, 0.3) is 0 Å². The fourth-order valence-electron chi connectivity index (χ4n) is 2.37. The van der Waals surface area contributed by atoms with Crippen molar-refractivity contribution < 1.29 is 13.3 Å². The highest BCUT2D eigenvalue weighted by Crippen LogP contribution is 2.29. The third-order valence-corrected chi connectivity index (χ3v) is 5.69. The number of hydrogen-bond acceptors (Lipinski definition) is 4. The van der Waals surface area contributed by atoms with Gasteiger partial charge in [0.2, 0.25) is 0 Å². The first-order valence-corrected chi connectivity index (χ1v) is 7.37. The molecule has 15 heavy (non-hydrogen) atoms. The molecule has 90 valence electrons. The molecule has 0 spiro atoms. The van der Waals surface area contributed by atoms with E-state index >= 15 is 0 Å². The second-order valence-corrected chi connectivity index (χ2v) is 6.64. The van der Waals surface area contributed by atoms with Crippen LogP contribution in [0.2, 0.25) is 0 Å². The molecular weight excluding hydrogens is 210 g/mol. The van der Waals surface area contributed by atoms with Crippen molar-refractivity contribution >= 4 is 8.97 Å². The van der Waals surface area contributed by atoms with Crippen molar-refractivity contribution in [3.05, 3.63) is 0 Å². The fourth-order valence-corrected chi connectivity index (χ4v) is 4.06. The van der Waals surface area contributed by atoms with Gasteiger partial charge in [-0.05, 0) is 18.8 Å². The maximum Gasteiger partial charge on any atom is 0.596 e. The van der Waals surface area contributed by atoms with Crippen LogP contribution in [0.5, 0.6) is 0 Å². The first-order valence-electron chi connectivity index (χ1n) is 5.64. The van der Waals surface area contributed by atoms with Crippen LogP contribution in [0.4, 0.5) is 0 Å². The normalized spacial score (nSPS) is 27.2. The van der Waals surface area contributed by atoms with Crippen LogP contribution in [-0.2, 0) is 13.3 Å². The average molecular weight is 233 g/mol. The van der Waals surface area contributed by atoms with Gasteiger partial charge in [-0.3, -0.25) is 4.98 Å². The fraction of sp³-hybridized carbons (Fsp3) is 1.00. The molecule has 4 nitrogen and oxygen atoms in total. The van der Waals surface area contributed by atoms with Crippen LogP contribution in [0.1, 0.15) is 32.6 Å². The van der Waals surface area contributed by atoms with Crippen LogP contribution in [0.3, 0.4) is 0 Å². The molecular formula is C10H23NO3Si. The van der Waals surface area contributed by atoms with Crippen LogP contribution >= 0.6 is 0 Å². The molecule has 0 aliphatic heterocycles. The quantitative estimate of drug-likeness (QED) is 0.706. The molecule has 5 heteroatoms. The van der Waals surface area contributed by atoms with E-state index in [2.05, 4.69) is 11.9 Å². The van der Waals surface area contributed by atoms with Gasteiger partial charge in [0.15, 0.2) is 0 Å². The zero-order chi connectivity index (χ0) is 11.3. The Hall–Kier alpha value is 0.0569. The third-order valence-electron chi connectivity index (χ3n) is 3.35. The maximum atomic E-state index is 5.37. The number of nitrogens with one attached hydrogen (secondary N) is 1. The molecule has 2 atom stereocenters. The van der Waals surface area contributed by atoms with E-state index in [1.807, 2.05) is 0 Å². The van der Waals surface area contributed by atoms with Crippen LogP contribution in [-0.4, -0.2) is 36.3 Å². The van der Waals surface area contributed by atoms with Gasteiger partial charge in [-0.2, -0.15) is 0 Å². The summed E-state index contributed by atoms with van der Waals surface area (Å²) in [5.74, 6) is 0.734. The zero-order valence-corrected chi connectivity index (χ0v) is 11.2. The first kappa shape index (κ1) is 13.1. The Bertz CT molecular complexity index is 179. The van der Waals surface area contributed by atoms with Gasteiger partial charge in [0, 0.05) is 27.4 Å². The molecule has 0 aromatic carbocycles. The Labute approximate surface area is 93.7 Å². The Morgan fingerprint density at radius 2 is 1.73 bits per heavy atom. The second kappa shape index (κ2) is 5.96. The summed E-state index contributed by atoms with van der Waals surface area (Å²) in [5, 5.41) is 0. The van der Waals surface area contributed by atoms with Crippen LogP contribution < -0.4 is 4.98 Å². The van der Waals surface area contributed by atoms with E-state index in [0.29, 0.717) is 6.04 Å². The van der Waals surface area contributed by atoms with E-state index in [4.69, 9.17) is 13.3 Å². The summed E-state index contributed by atoms with van der Waals surface area (Å²) in [7, 11) is 2.33. The van der Waals surface area contributed by atoms with E-state index in [-0.39, 0.29) is 0 Å². The van der Waals surface area contributed by atoms with Crippen molar-refractivity contribution in [2.45, 2.75) is 38.6 Å². The van der Waals surface area contributed by atoms with E-state index in [9.17, 15) is 0 Å². The van der Waals surface area contributed by atoms with Crippen molar-refractivity contribution in [2.75, 3.05) is 21.3 Å². The minimum Gasteiger partial charge on any atom is -0.364 e. The molecule has 0 aromatic rings. The zero-order valence-electron chi connectivity index (χ0n) is 10.2. The molecule has 0 bridgehead atoms. The van der Waals surface area contributed by atoms with Gasteiger partial charge in [0.1, 0.15) is 0 Å². The summed E-state index contributed by atoms with van der Waals surface area (Å²) in [5.41, 5.74) is 0. The molecule has 1 rings (SSSR count). The molecule has 1 aliphatic rings. The molecule has 0 radical (unpaired) electrons. The molecule has 1 N–H and O–H groups in total. The van der Waals surface area contributed by atoms with Crippen molar-refractivity contribution in [1.29, 1.82) is 0 Å². The molecule has 1 aliphatic carbocycles. The predicted molar refractivity (Wildman–Crippen MR) is 61.3 cm³/mol. The maximum absolute atomic E-state index is 5.37. The molecule has 1 saturated carbocycles. The Morgan fingerprint density at radius 1 is 1.13 bits per heavy atom. The first-order chi connectivity index (χ1) is 7.21. The van der Waals surface area contributed by atoms with Gasteiger partial charge in [-0.15, -0.1) is 0 Å². The van der Waals surface area contributed by atoms with Crippen LogP contribution in [0.15, 0.2) is 0 Å². The Kier molecular flexibility index (Phi) is 5.21. The average Bonchev–Trinajstić information content (AvgIpc) is 2.73. The van der Waals surface area contributed by atoms with E-state index in [1.54, 1.807) is 21.3 Å². The van der Waals surface area contributed by atoms with Crippen molar-refractivity contribution in [3.8, 4) is 0 Å². The lowest BCUT2D eigenvalue weighted by molar-refractivity contribution is 0.102. The minimum atomic E-state index is -2.59. The number of rotatable bonds is 6. The summed E-state index contributed by atoms with van der Waals surface area (Å²) >= 11 is 0. The lowest BCUT2D eigenvalue weighted by Crippen LogP contribution is -2.61. The topological polar surface area (TPSA) is 39.7 Å². The Morgan fingerprint density at radius 3 is 2.20 bits per heavy atom. The van der Waals surface area contributed by atoms with Gasteiger partial charge >= 0.3 is 8.97 Å². The highest BCUT2D eigenvalue weighted by molar-refractivity contribution is 6.57. The monoisotopic (exact) mass is 233 g/mol. The standard InChI is InChI=1S/C10H23NO3Si/c1-5-9-7-6-8-10(9)11-15(12-2,13-3)14-4/h9-11H,5-8H2,1-4H3. The van der Waals surface area contributed by atoms with Crippen LogP contribution in [0, 0.1) is 5.92 Å². The van der Waals surface area contributed by atoms with Crippen molar-refractivity contribution in [2.24, 2.45) is 5.92 Å². The molecule has 0 aromatic heterocycles. The lowest BCUT2D eigenvalue weighted by Gasteiger charge is -2.30. The summed E-state index contributed by atoms with van der Waals surface area (Å²) in [4.78, 5) is 3.45. The van der Waals surface area contributed by atoms with E-state index < -0.39 is 8.97 Å². The Balaban J connectivity index is 2.57. The third kappa shape index (κ3) is 3.01. The molecule has 0 saturated heterocycles. The smallest absolute Gasteiger partial charge is 0.364 e. The number of hydrogen-bond donors (Lipinski definition) is 1. The van der Waals surface area contributed by atoms with Crippen molar-refractivity contribution in [3.63, 3.8) is 0 Å². The van der Waals surface area contributed by atoms with Gasteiger partial charge in [0.05, 0.1) is 0 Å². The predicted octanol–water partition coefficient (Wildman–Crippen LogP) is 1.53.